The number of benzene rings is 2. The van der Waals surface area contributed by atoms with Crippen molar-refractivity contribution in [2.24, 2.45) is 5.10 Å². The molecule has 29 heavy (non-hydrogen) atoms. The second kappa shape index (κ2) is 8.15. The largest absolute Gasteiger partial charge is 0.289 e. The van der Waals surface area contributed by atoms with Crippen LogP contribution in [0.1, 0.15) is 5.56 Å². The molecule has 4 aromatic rings. The van der Waals surface area contributed by atoms with E-state index < -0.39 is 11.7 Å². The monoisotopic (exact) mass is 406 g/mol. The number of nitrogens with zero attached hydrogens (tertiary/aromatic N) is 3. The van der Waals surface area contributed by atoms with Gasteiger partial charge in [-0.15, -0.1) is 11.3 Å². The van der Waals surface area contributed by atoms with Crippen LogP contribution in [0, 0.1) is 5.82 Å². The van der Waals surface area contributed by atoms with Crippen LogP contribution in [0.4, 0.5) is 4.39 Å². The molecule has 2 aromatic carbocycles. The Morgan fingerprint density at radius 2 is 1.93 bits per heavy atom. The summed E-state index contributed by atoms with van der Waals surface area (Å²) in [5.74, 6) is -0.956. The summed E-state index contributed by atoms with van der Waals surface area (Å²) in [6, 6.07) is 17.6. The number of carbonyl (C=O) groups excluding carboxylic acids is 1. The second-order valence-corrected chi connectivity index (χ2v) is 7.22. The van der Waals surface area contributed by atoms with Crippen molar-refractivity contribution < 1.29 is 9.18 Å². The molecule has 0 aliphatic heterocycles. The molecule has 0 saturated heterocycles. The van der Waals surface area contributed by atoms with E-state index in [2.05, 4.69) is 15.5 Å². The fourth-order valence-corrected chi connectivity index (χ4v) is 3.76. The molecule has 0 spiro atoms. The molecule has 4 rings (SSSR count). The maximum Gasteiger partial charge on any atom is 0.262 e. The lowest BCUT2D eigenvalue weighted by Gasteiger charge is -2.03. The molecule has 0 aliphatic carbocycles. The first-order chi connectivity index (χ1) is 14.1. The first-order valence-corrected chi connectivity index (χ1v) is 9.54. The normalized spacial score (nSPS) is 11.2. The van der Waals surface area contributed by atoms with Crippen LogP contribution in [-0.4, -0.2) is 21.7 Å². The van der Waals surface area contributed by atoms with E-state index in [-0.39, 0.29) is 17.7 Å². The van der Waals surface area contributed by atoms with Crippen molar-refractivity contribution >= 4 is 33.7 Å². The van der Waals surface area contributed by atoms with E-state index in [1.165, 1.54) is 40.6 Å². The van der Waals surface area contributed by atoms with Gasteiger partial charge < -0.3 is 0 Å². The first-order valence-electron chi connectivity index (χ1n) is 8.72. The van der Waals surface area contributed by atoms with Crippen LogP contribution >= 0.6 is 11.3 Å². The zero-order valence-electron chi connectivity index (χ0n) is 15.1. The quantitative estimate of drug-likeness (QED) is 0.408. The summed E-state index contributed by atoms with van der Waals surface area (Å²) in [7, 11) is 0. The van der Waals surface area contributed by atoms with Gasteiger partial charge in [-0.05, 0) is 17.7 Å². The Morgan fingerprint density at radius 1 is 1.17 bits per heavy atom. The van der Waals surface area contributed by atoms with Crippen molar-refractivity contribution in [1.29, 1.82) is 0 Å². The number of rotatable bonds is 5. The van der Waals surface area contributed by atoms with Crippen LogP contribution in [0.25, 0.3) is 20.7 Å². The van der Waals surface area contributed by atoms with Gasteiger partial charge in [-0.25, -0.2) is 14.8 Å². The van der Waals surface area contributed by atoms with Gasteiger partial charge in [0.15, 0.2) is 0 Å². The van der Waals surface area contributed by atoms with Crippen LogP contribution in [0.2, 0.25) is 0 Å². The minimum atomic E-state index is -0.514. The number of fused-ring (bicyclic) bond motifs is 1. The van der Waals surface area contributed by atoms with E-state index in [0.717, 1.165) is 10.4 Å². The van der Waals surface area contributed by atoms with Crippen molar-refractivity contribution in [3.05, 3.63) is 88.7 Å². The summed E-state index contributed by atoms with van der Waals surface area (Å²) in [6.45, 7) is -0.243. The van der Waals surface area contributed by atoms with Gasteiger partial charge in [0.05, 0.1) is 17.9 Å². The summed E-state index contributed by atoms with van der Waals surface area (Å²) in [4.78, 5) is 30.6. The van der Waals surface area contributed by atoms with Gasteiger partial charge in [-0.1, -0.05) is 48.5 Å². The Morgan fingerprint density at radius 3 is 2.72 bits per heavy atom. The summed E-state index contributed by atoms with van der Waals surface area (Å²) < 4.78 is 14.8. The van der Waals surface area contributed by atoms with Crippen LogP contribution in [0.5, 0.6) is 0 Å². The topological polar surface area (TPSA) is 76.3 Å². The summed E-state index contributed by atoms with van der Waals surface area (Å²) in [6.07, 6.45) is 2.55. The Labute approximate surface area is 169 Å². The molecule has 0 radical (unpaired) electrons. The number of thiophene rings is 1. The molecule has 0 bridgehead atoms. The maximum absolute atomic E-state index is 13.5. The number of nitrogens with one attached hydrogen (secondary N) is 1. The lowest BCUT2D eigenvalue weighted by molar-refractivity contribution is -0.121. The third-order valence-electron chi connectivity index (χ3n) is 4.19. The lowest BCUT2D eigenvalue weighted by Crippen LogP contribution is -2.29. The van der Waals surface area contributed by atoms with Crippen molar-refractivity contribution in [3.63, 3.8) is 0 Å². The summed E-state index contributed by atoms with van der Waals surface area (Å²) >= 11 is 1.42. The van der Waals surface area contributed by atoms with Gasteiger partial charge in [-0.3, -0.25) is 14.2 Å². The molecule has 0 aliphatic rings. The molecule has 6 nitrogen and oxygen atoms in total. The maximum atomic E-state index is 13.5. The number of hydrogen-bond acceptors (Lipinski definition) is 5. The minimum absolute atomic E-state index is 0.243. The zero-order valence-corrected chi connectivity index (χ0v) is 15.9. The fraction of sp³-hybridized carbons (Fsp3) is 0.0476. The van der Waals surface area contributed by atoms with Crippen LogP contribution in [0.3, 0.4) is 0 Å². The van der Waals surface area contributed by atoms with Gasteiger partial charge in [0.1, 0.15) is 17.2 Å². The van der Waals surface area contributed by atoms with E-state index in [4.69, 9.17) is 0 Å². The highest BCUT2D eigenvalue weighted by Crippen LogP contribution is 2.30. The minimum Gasteiger partial charge on any atom is -0.289 e. The van der Waals surface area contributed by atoms with Crippen molar-refractivity contribution in [3.8, 4) is 10.4 Å². The molecule has 2 heterocycles. The standard InChI is InChI=1S/C21H15FN4O2S/c22-17-9-5-4-8-15(17)11-24-25-19(27)12-26-13-23-20-16(21(26)28)10-18(29-20)14-6-2-1-3-7-14/h1-11,13H,12H2,(H,25,27)/b24-11-. The van der Waals surface area contributed by atoms with Gasteiger partial charge in [0.25, 0.3) is 11.5 Å². The molecule has 0 saturated carbocycles. The number of hydrazone groups is 1. The molecule has 1 amide bonds. The lowest BCUT2D eigenvalue weighted by atomic mass is 10.2. The van der Waals surface area contributed by atoms with E-state index in [0.29, 0.717) is 10.2 Å². The van der Waals surface area contributed by atoms with Crippen LogP contribution < -0.4 is 11.0 Å². The average molecular weight is 406 g/mol. The molecule has 0 unspecified atom stereocenters. The van der Waals surface area contributed by atoms with Gasteiger partial charge in [-0.2, -0.15) is 5.10 Å². The van der Waals surface area contributed by atoms with Crippen LogP contribution in [0.15, 0.2) is 76.9 Å². The summed E-state index contributed by atoms with van der Waals surface area (Å²) in [5.41, 5.74) is 3.24. The highest BCUT2D eigenvalue weighted by molar-refractivity contribution is 7.21. The number of amides is 1. The summed E-state index contributed by atoms with van der Waals surface area (Å²) in [5, 5.41) is 4.19. The molecule has 0 fully saturated rings. The van der Waals surface area contributed by atoms with E-state index in [1.54, 1.807) is 18.2 Å². The second-order valence-electron chi connectivity index (χ2n) is 6.19. The Balaban J connectivity index is 1.51. The SMILES string of the molecule is O=C(Cn1cnc2sc(-c3ccccc3)cc2c1=O)N/N=C\c1ccccc1F. The highest BCUT2D eigenvalue weighted by atomic mass is 32.1. The molecule has 0 atom stereocenters. The fourth-order valence-electron chi connectivity index (χ4n) is 2.76. The number of hydrogen-bond donors (Lipinski definition) is 1. The smallest absolute Gasteiger partial charge is 0.262 e. The molecule has 8 heteroatoms. The molecular formula is C21H15FN4O2S. The number of carbonyl (C=O) groups is 1. The van der Waals surface area contributed by atoms with E-state index >= 15 is 0 Å². The molecule has 144 valence electrons. The van der Waals surface area contributed by atoms with Crippen LogP contribution in [-0.2, 0) is 11.3 Å². The number of aromatic nitrogens is 2. The average Bonchev–Trinajstić information content (AvgIpc) is 3.17. The third-order valence-corrected chi connectivity index (χ3v) is 5.28. The highest BCUT2D eigenvalue weighted by Gasteiger charge is 2.12. The van der Waals surface area contributed by atoms with Gasteiger partial charge in [0, 0.05) is 10.4 Å². The van der Waals surface area contributed by atoms with E-state index in [1.807, 2.05) is 30.3 Å². The first kappa shape index (κ1) is 18.7. The Hall–Kier alpha value is -3.65. The number of halogens is 1. The van der Waals surface area contributed by atoms with Crippen molar-refractivity contribution in [2.45, 2.75) is 6.54 Å². The van der Waals surface area contributed by atoms with Crippen molar-refractivity contribution in [1.82, 2.24) is 15.0 Å². The predicted octanol–water partition coefficient (Wildman–Crippen LogP) is 3.41. The Kier molecular flexibility index (Phi) is 5.26. The molecular weight excluding hydrogens is 391 g/mol. The molecule has 1 N–H and O–H groups in total. The third kappa shape index (κ3) is 4.12. The van der Waals surface area contributed by atoms with Gasteiger partial charge in [0.2, 0.25) is 0 Å². The van der Waals surface area contributed by atoms with Gasteiger partial charge >= 0.3 is 0 Å². The van der Waals surface area contributed by atoms with Crippen molar-refractivity contribution in [2.75, 3.05) is 0 Å². The van der Waals surface area contributed by atoms with E-state index in [9.17, 15) is 14.0 Å². The predicted molar refractivity (Wildman–Crippen MR) is 111 cm³/mol. The Bertz CT molecular complexity index is 1260. The zero-order chi connectivity index (χ0) is 20.2. The molecule has 2 aromatic heterocycles.